The van der Waals surface area contributed by atoms with Gasteiger partial charge in [0.1, 0.15) is 6.04 Å². The SMILES string of the molecule is O=C(NO)[C@@H]1C[C@H](O)CN1C(=O)c1ccc(C#Cc2ccc(CN3CCCC3)cc2)cc1. The average molecular weight is 434 g/mol. The highest BCUT2D eigenvalue weighted by molar-refractivity contribution is 5.98. The van der Waals surface area contributed by atoms with Crippen LogP contribution < -0.4 is 5.48 Å². The van der Waals surface area contributed by atoms with Crippen LogP contribution in [0, 0.1) is 11.8 Å². The van der Waals surface area contributed by atoms with E-state index in [1.807, 2.05) is 12.1 Å². The van der Waals surface area contributed by atoms with Crippen LogP contribution in [-0.4, -0.2) is 63.7 Å². The van der Waals surface area contributed by atoms with Crippen molar-refractivity contribution in [2.75, 3.05) is 19.6 Å². The van der Waals surface area contributed by atoms with Gasteiger partial charge in [0.2, 0.25) is 0 Å². The Morgan fingerprint density at radius 1 is 0.969 bits per heavy atom. The molecule has 2 saturated heterocycles. The molecule has 0 bridgehead atoms. The maximum Gasteiger partial charge on any atom is 0.266 e. The molecule has 2 fully saturated rings. The number of carbonyl (C=O) groups excluding carboxylic acids is 2. The van der Waals surface area contributed by atoms with Crippen molar-refractivity contribution in [3.63, 3.8) is 0 Å². The topological polar surface area (TPSA) is 93.1 Å². The van der Waals surface area contributed by atoms with E-state index in [1.165, 1.54) is 36.4 Å². The zero-order chi connectivity index (χ0) is 22.5. The van der Waals surface area contributed by atoms with Gasteiger partial charge in [-0.1, -0.05) is 24.0 Å². The molecule has 0 aromatic heterocycles. The number of hydrogen-bond acceptors (Lipinski definition) is 5. The van der Waals surface area contributed by atoms with E-state index in [2.05, 4.69) is 28.9 Å². The van der Waals surface area contributed by atoms with E-state index in [-0.39, 0.29) is 18.9 Å². The number of nitrogens with zero attached hydrogens (tertiary/aromatic N) is 2. The molecule has 0 aliphatic carbocycles. The molecule has 2 aromatic carbocycles. The van der Waals surface area contributed by atoms with Gasteiger partial charge in [0.25, 0.3) is 11.8 Å². The van der Waals surface area contributed by atoms with Crippen LogP contribution in [0.4, 0.5) is 0 Å². The third-order valence-electron chi connectivity index (χ3n) is 5.99. The van der Waals surface area contributed by atoms with Gasteiger partial charge in [0.05, 0.1) is 6.10 Å². The average Bonchev–Trinajstić information content (AvgIpc) is 3.47. The van der Waals surface area contributed by atoms with Gasteiger partial charge in [-0.3, -0.25) is 19.7 Å². The highest BCUT2D eigenvalue weighted by atomic mass is 16.5. The summed E-state index contributed by atoms with van der Waals surface area (Å²) in [5.74, 6) is 5.18. The van der Waals surface area contributed by atoms with E-state index in [0.29, 0.717) is 5.56 Å². The minimum atomic E-state index is -0.893. The van der Waals surface area contributed by atoms with Crippen molar-refractivity contribution in [3.05, 3.63) is 70.8 Å². The fraction of sp³-hybridized carbons (Fsp3) is 0.360. The number of aliphatic hydroxyl groups is 1. The number of aliphatic hydroxyl groups excluding tert-OH is 1. The van der Waals surface area contributed by atoms with Gasteiger partial charge in [-0.25, -0.2) is 5.48 Å². The second kappa shape index (κ2) is 9.96. The molecule has 0 spiro atoms. The highest BCUT2D eigenvalue weighted by Gasteiger charge is 2.39. The molecule has 7 nitrogen and oxygen atoms in total. The van der Waals surface area contributed by atoms with E-state index in [4.69, 9.17) is 5.21 Å². The first kappa shape index (κ1) is 22.0. The number of rotatable bonds is 4. The molecular formula is C25H27N3O4. The maximum absolute atomic E-state index is 12.8. The molecule has 3 N–H and O–H groups in total. The van der Waals surface area contributed by atoms with Crippen molar-refractivity contribution < 1.29 is 19.9 Å². The Kier molecular flexibility index (Phi) is 6.86. The quantitative estimate of drug-likeness (QED) is 0.388. The Labute approximate surface area is 187 Å². The van der Waals surface area contributed by atoms with Crippen molar-refractivity contribution in [3.8, 4) is 11.8 Å². The fourth-order valence-electron chi connectivity index (χ4n) is 4.26. The number of hydroxylamine groups is 1. The summed E-state index contributed by atoms with van der Waals surface area (Å²) in [6.45, 7) is 3.38. The summed E-state index contributed by atoms with van der Waals surface area (Å²) in [4.78, 5) is 28.3. The minimum absolute atomic E-state index is 0.0478. The molecule has 2 atom stereocenters. The lowest BCUT2D eigenvalue weighted by Gasteiger charge is -2.22. The van der Waals surface area contributed by atoms with Crippen LogP contribution in [0.3, 0.4) is 0 Å². The zero-order valence-corrected chi connectivity index (χ0v) is 17.8. The fourth-order valence-corrected chi connectivity index (χ4v) is 4.26. The predicted octanol–water partition coefficient (Wildman–Crippen LogP) is 1.76. The monoisotopic (exact) mass is 433 g/mol. The number of nitrogens with one attached hydrogen (secondary N) is 1. The van der Waals surface area contributed by atoms with E-state index >= 15 is 0 Å². The Morgan fingerprint density at radius 2 is 1.56 bits per heavy atom. The second-order valence-corrected chi connectivity index (χ2v) is 8.35. The van der Waals surface area contributed by atoms with E-state index < -0.39 is 18.1 Å². The number of hydrogen-bond donors (Lipinski definition) is 3. The van der Waals surface area contributed by atoms with Gasteiger partial charge in [-0.15, -0.1) is 0 Å². The van der Waals surface area contributed by atoms with Crippen LogP contribution in [0.1, 0.15) is 46.3 Å². The third kappa shape index (κ3) is 5.17. The van der Waals surface area contributed by atoms with E-state index in [0.717, 1.165) is 17.7 Å². The van der Waals surface area contributed by atoms with Crippen LogP contribution >= 0.6 is 0 Å². The Hall–Kier alpha value is -3.18. The van der Waals surface area contributed by atoms with Crippen molar-refractivity contribution in [1.82, 2.24) is 15.3 Å². The highest BCUT2D eigenvalue weighted by Crippen LogP contribution is 2.21. The summed E-state index contributed by atoms with van der Waals surface area (Å²) in [6.07, 6.45) is 1.87. The molecule has 7 heteroatoms. The van der Waals surface area contributed by atoms with Gasteiger partial charge in [-0.2, -0.15) is 0 Å². The summed E-state index contributed by atoms with van der Waals surface area (Å²) in [5, 5.41) is 18.7. The largest absolute Gasteiger partial charge is 0.391 e. The maximum atomic E-state index is 12.8. The normalized spacial score (nSPS) is 20.6. The summed E-state index contributed by atoms with van der Waals surface area (Å²) >= 11 is 0. The standard InChI is InChI=1S/C25H27N3O4/c29-22-15-23(24(30)26-32)28(17-22)25(31)21-11-9-19(10-12-21)4-3-18-5-7-20(8-6-18)16-27-13-1-2-14-27/h5-12,22-23,29,32H,1-2,13-17H2,(H,26,30)/t22-,23-/m0/s1. The Balaban J connectivity index is 1.39. The van der Waals surface area contributed by atoms with Gasteiger partial charge in [-0.05, 0) is 67.9 Å². The van der Waals surface area contributed by atoms with Crippen LogP contribution in [0.25, 0.3) is 0 Å². The number of benzene rings is 2. The third-order valence-corrected chi connectivity index (χ3v) is 5.99. The first-order valence-electron chi connectivity index (χ1n) is 10.9. The lowest BCUT2D eigenvalue weighted by Crippen LogP contribution is -2.45. The molecule has 2 aliphatic rings. The molecule has 2 amide bonds. The molecule has 32 heavy (non-hydrogen) atoms. The van der Waals surface area contributed by atoms with E-state index in [9.17, 15) is 14.7 Å². The summed E-state index contributed by atoms with van der Waals surface area (Å²) in [6, 6.07) is 14.2. The smallest absolute Gasteiger partial charge is 0.266 e. The first-order chi connectivity index (χ1) is 15.5. The number of amides is 2. The molecule has 0 saturated carbocycles. The minimum Gasteiger partial charge on any atom is -0.391 e. The Bertz CT molecular complexity index is 1020. The second-order valence-electron chi connectivity index (χ2n) is 8.35. The molecular weight excluding hydrogens is 406 g/mol. The van der Waals surface area contributed by atoms with Crippen molar-refractivity contribution in [2.45, 2.75) is 38.0 Å². The number of likely N-dealkylation sites (tertiary alicyclic amines) is 2. The van der Waals surface area contributed by atoms with Gasteiger partial charge < -0.3 is 10.0 Å². The molecule has 166 valence electrons. The van der Waals surface area contributed by atoms with Gasteiger partial charge in [0.15, 0.2) is 0 Å². The first-order valence-corrected chi connectivity index (χ1v) is 10.9. The molecule has 4 rings (SSSR count). The van der Waals surface area contributed by atoms with Gasteiger partial charge >= 0.3 is 0 Å². The number of β-amino-alcohol motifs (C(OH)–C–C–N with tert-alkyl or cyclic N) is 1. The molecule has 2 aromatic rings. The predicted molar refractivity (Wildman–Crippen MR) is 119 cm³/mol. The zero-order valence-electron chi connectivity index (χ0n) is 17.8. The van der Waals surface area contributed by atoms with Crippen LogP contribution in [0.2, 0.25) is 0 Å². The van der Waals surface area contributed by atoms with Crippen molar-refractivity contribution >= 4 is 11.8 Å². The van der Waals surface area contributed by atoms with Crippen LogP contribution in [0.15, 0.2) is 48.5 Å². The Morgan fingerprint density at radius 3 is 2.16 bits per heavy atom. The lowest BCUT2D eigenvalue weighted by atomic mass is 10.1. The molecule has 0 unspecified atom stereocenters. The molecule has 2 heterocycles. The van der Waals surface area contributed by atoms with E-state index in [1.54, 1.807) is 29.7 Å². The van der Waals surface area contributed by atoms with Crippen LogP contribution in [-0.2, 0) is 11.3 Å². The summed E-state index contributed by atoms with van der Waals surface area (Å²) in [7, 11) is 0. The number of carbonyl (C=O) groups is 2. The summed E-state index contributed by atoms with van der Waals surface area (Å²) in [5.41, 5.74) is 4.95. The molecule has 0 radical (unpaired) electrons. The van der Waals surface area contributed by atoms with Gasteiger partial charge in [0, 0.05) is 36.2 Å². The molecule has 2 aliphatic heterocycles. The lowest BCUT2D eigenvalue weighted by molar-refractivity contribution is -0.133. The summed E-state index contributed by atoms with van der Waals surface area (Å²) < 4.78 is 0. The van der Waals surface area contributed by atoms with Crippen molar-refractivity contribution in [1.29, 1.82) is 0 Å². The van der Waals surface area contributed by atoms with Crippen LogP contribution in [0.5, 0.6) is 0 Å². The van der Waals surface area contributed by atoms with Crippen molar-refractivity contribution in [2.24, 2.45) is 0 Å².